The zero-order valence-electron chi connectivity index (χ0n) is 21.3. The van der Waals surface area contributed by atoms with Gasteiger partial charge in [0.1, 0.15) is 11.6 Å². The Balaban J connectivity index is 1.16. The number of nitrogens with two attached hydrogens (primary N) is 1. The van der Waals surface area contributed by atoms with E-state index in [1.165, 1.54) is 77.4 Å². The highest BCUT2D eigenvalue weighted by Crippen LogP contribution is 2.33. The molecule has 0 unspecified atom stereocenters. The molecule has 7 nitrogen and oxygen atoms in total. The molecule has 34 heavy (non-hydrogen) atoms. The molecule has 1 aromatic rings. The maximum Gasteiger partial charge on any atom is 0.320 e. The van der Waals surface area contributed by atoms with Gasteiger partial charge in [0.25, 0.3) is 0 Å². The van der Waals surface area contributed by atoms with E-state index in [4.69, 9.17) is 10.5 Å². The van der Waals surface area contributed by atoms with Gasteiger partial charge in [-0.1, -0.05) is 58.3 Å². The third kappa shape index (κ3) is 6.83. The molecule has 3 heterocycles. The topological polar surface area (TPSA) is 84.6 Å². The molecule has 1 amide bonds. The number of hydrogen-bond acceptors (Lipinski definition) is 6. The number of ether oxygens (including phenoxy) is 1. The van der Waals surface area contributed by atoms with E-state index in [1.807, 2.05) is 0 Å². The first-order valence-electron chi connectivity index (χ1n) is 14.0. The van der Waals surface area contributed by atoms with Crippen molar-refractivity contribution in [1.82, 2.24) is 14.9 Å². The van der Waals surface area contributed by atoms with E-state index in [0.29, 0.717) is 37.2 Å². The van der Waals surface area contributed by atoms with Gasteiger partial charge in [-0.05, 0) is 63.6 Å². The van der Waals surface area contributed by atoms with E-state index >= 15 is 0 Å². The summed E-state index contributed by atoms with van der Waals surface area (Å²) in [4.78, 5) is 25.9. The fourth-order valence-corrected chi connectivity index (χ4v) is 5.87. The molecule has 2 fully saturated rings. The van der Waals surface area contributed by atoms with Crippen LogP contribution in [0.1, 0.15) is 96.0 Å². The first kappa shape index (κ1) is 25.2. The lowest BCUT2D eigenvalue weighted by molar-refractivity contribution is -0.117. The number of fused-ring (bicyclic) bond motifs is 1. The summed E-state index contributed by atoms with van der Waals surface area (Å²) in [7, 11) is 0. The Bertz CT molecular complexity index is 787. The highest BCUT2D eigenvalue weighted by Gasteiger charge is 2.32. The van der Waals surface area contributed by atoms with Crippen molar-refractivity contribution in [2.45, 2.75) is 96.8 Å². The molecule has 1 aliphatic carbocycles. The number of anilines is 2. The van der Waals surface area contributed by atoms with E-state index in [2.05, 4.69) is 21.8 Å². The molecule has 2 N–H and O–H groups in total. The lowest BCUT2D eigenvalue weighted by atomic mass is 9.86. The maximum atomic E-state index is 12.6. The van der Waals surface area contributed by atoms with Crippen molar-refractivity contribution in [2.75, 3.05) is 43.4 Å². The number of carbonyl (C=O) groups is 1. The molecule has 0 aromatic carbocycles. The zero-order chi connectivity index (χ0) is 23.8. The van der Waals surface area contributed by atoms with Crippen LogP contribution in [0.5, 0.6) is 6.01 Å². The summed E-state index contributed by atoms with van der Waals surface area (Å²) in [5, 5.41) is 0. The van der Waals surface area contributed by atoms with Crippen molar-refractivity contribution in [3.05, 3.63) is 5.56 Å². The molecule has 1 aromatic heterocycles. The van der Waals surface area contributed by atoms with Crippen molar-refractivity contribution < 1.29 is 9.53 Å². The molecular formula is C27H45N5O2. The van der Waals surface area contributed by atoms with Crippen molar-refractivity contribution >= 4 is 17.5 Å². The second kappa shape index (κ2) is 12.7. The Labute approximate surface area is 205 Å². The van der Waals surface area contributed by atoms with Gasteiger partial charge >= 0.3 is 6.01 Å². The van der Waals surface area contributed by atoms with Crippen molar-refractivity contribution in [1.29, 1.82) is 0 Å². The number of carbonyl (C=O) groups excluding carboxylic acids is 1. The maximum absolute atomic E-state index is 12.6. The van der Waals surface area contributed by atoms with Crippen molar-refractivity contribution in [3.63, 3.8) is 0 Å². The Morgan fingerprint density at radius 2 is 1.71 bits per heavy atom. The molecule has 1 saturated carbocycles. The van der Waals surface area contributed by atoms with Gasteiger partial charge in [-0.3, -0.25) is 9.69 Å². The van der Waals surface area contributed by atoms with E-state index in [9.17, 15) is 4.79 Å². The van der Waals surface area contributed by atoms with Crippen LogP contribution in [0.15, 0.2) is 0 Å². The van der Waals surface area contributed by atoms with E-state index in [0.717, 1.165) is 43.1 Å². The second-order valence-electron chi connectivity index (χ2n) is 10.7. The van der Waals surface area contributed by atoms with Gasteiger partial charge in [0.15, 0.2) is 0 Å². The number of aromatic nitrogens is 2. The normalized spacial score (nSPS) is 20.1. The van der Waals surface area contributed by atoms with Crippen LogP contribution in [0.4, 0.5) is 11.6 Å². The second-order valence-corrected chi connectivity index (χ2v) is 10.7. The monoisotopic (exact) mass is 471 g/mol. The van der Waals surface area contributed by atoms with Crippen LogP contribution < -0.4 is 15.4 Å². The average molecular weight is 472 g/mol. The minimum atomic E-state index is 0.0768. The largest absolute Gasteiger partial charge is 0.463 e. The zero-order valence-corrected chi connectivity index (χ0v) is 21.3. The molecule has 0 radical (unpaired) electrons. The van der Waals surface area contributed by atoms with Crippen LogP contribution in [-0.2, 0) is 11.2 Å². The van der Waals surface area contributed by atoms with Crippen molar-refractivity contribution in [2.24, 2.45) is 11.8 Å². The minimum Gasteiger partial charge on any atom is -0.463 e. The van der Waals surface area contributed by atoms with Gasteiger partial charge in [0.05, 0.1) is 13.0 Å². The Kier molecular flexibility index (Phi) is 9.42. The fourth-order valence-electron chi connectivity index (χ4n) is 5.87. The first-order valence-corrected chi connectivity index (χ1v) is 14.0. The third-order valence-corrected chi connectivity index (χ3v) is 8.14. The molecule has 0 bridgehead atoms. The van der Waals surface area contributed by atoms with Gasteiger partial charge in [-0.2, -0.15) is 9.97 Å². The van der Waals surface area contributed by atoms with E-state index in [1.54, 1.807) is 4.90 Å². The van der Waals surface area contributed by atoms with Crippen molar-refractivity contribution in [3.8, 4) is 6.01 Å². The number of nitrogen functional groups attached to an aromatic ring is 1. The van der Waals surface area contributed by atoms with Gasteiger partial charge in [0, 0.05) is 12.1 Å². The minimum absolute atomic E-state index is 0.0768. The predicted octanol–water partition coefficient (Wildman–Crippen LogP) is 4.98. The smallest absolute Gasteiger partial charge is 0.320 e. The summed E-state index contributed by atoms with van der Waals surface area (Å²) in [5.41, 5.74) is 6.87. The Morgan fingerprint density at radius 1 is 0.941 bits per heavy atom. The Morgan fingerprint density at radius 3 is 2.47 bits per heavy atom. The first-order chi connectivity index (χ1) is 16.6. The lowest BCUT2D eigenvalue weighted by Crippen LogP contribution is -2.35. The Hall–Kier alpha value is -1.89. The number of hydrogen-bond donors (Lipinski definition) is 1. The van der Waals surface area contributed by atoms with Crippen LogP contribution >= 0.6 is 0 Å². The van der Waals surface area contributed by atoms with E-state index in [-0.39, 0.29) is 5.91 Å². The standard InChI is InChI=1S/C27H45N5O2/c1-2-3-19-34-27-29-25(28)23-20-24(33)32(26(23)30-27)15-8-7-11-22-13-17-31(18-14-22)16-12-21-9-5-4-6-10-21/h21-22H,2-20H2,1H3,(H2,28,29,30). The lowest BCUT2D eigenvalue weighted by Gasteiger charge is -2.33. The molecule has 3 aliphatic rings. The predicted molar refractivity (Wildman–Crippen MR) is 137 cm³/mol. The molecule has 2 aliphatic heterocycles. The van der Waals surface area contributed by atoms with Gasteiger partial charge in [-0.25, -0.2) is 0 Å². The number of amides is 1. The van der Waals surface area contributed by atoms with Gasteiger partial charge in [0.2, 0.25) is 5.91 Å². The summed E-state index contributed by atoms with van der Waals surface area (Å²) >= 11 is 0. The molecule has 0 atom stereocenters. The summed E-state index contributed by atoms with van der Waals surface area (Å²) in [6.07, 6.45) is 17.1. The van der Waals surface area contributed by atoms with Crippen LogP contribution in [0.3, 0.4) is 0 Å². The quantitative estimate of drug-likeness (QED) is 0.433. The molecular weight excluding hydrogens is 426 g/mol. The highest BCUT2D eigenvalue weighted by molar-refractivity contribution is 6.01. The third-order valence-electron chi connectivity index (χ3n) is 8.14. The molecule has 1 saturated heterocycles. The number of unbranched alkanes of at least 4 members (excludes halogenated alkanes) is 2. The van der Waals surface area contributed by atoms with Crippen LogP contribution in [0.25, 0.3) is 0 Å². The summed E-state index contributed by atoms with van der Waals surface area (Å²) < 4.78 is 5.66. The molecule has 0 spiro atoms. The van der Waals surface area contributed by atoms with Gasteiger partial charge in [-0.15, -0.1) is 0 Å². The SMILES string of the molecule is CCCCOc1nc(N)c2c(n1)N(CCCCC1CCN(CCC3CCCCC3)CC1)C(=O)C2. The van der Waals surface area contributed by atoms with Crippen LogP contribution in [0.2, 0.25) is 0 Å². The number of likely N-dealkylation sites (tertiary alicyclic amines) is 1. The molecule has 4 rings (SSSR count). The molecule has 7 heteroatoms. The van der Waals surface area contributed by atoms with Crippen LogP contribution in [-0.4, -0.2) is 53.6 Å². The molecule has 190 valence electrons. The van der Waals surface area contributed by atoms with Gasteiger partial charge < -0.3 is 15.4 Å². The number of nitrogens with zero attached hydrogens (tertiary/aromatic N) is 4. The summed E-state index contributed by atoms with van der Waals surface area (Å²) in [6.45, 7) is 7.24. The van der Waals surface area contributed by atoms with E-state index < -0.39 is 0 Å². The average Bonchev–Trinajstić information content (AvgIpc) is 3.18. The number of piperidine rings is 1. The van der Waals surface area contributed by atoms with Crippen LogP contribution in [0, 0.1) is 11.8 Å². The number of rotatable bonds is 12. The summed E-state index contributed by atoms with van der Waals surface area (Å²) in [6, 6.07) is 0.291. The highest BCUT2D eigenvalue weighted by atomic mass is 16.5. The fraction of sp³-hybridized carbons (Fsp3) is 0.815. The summed E-state index contributed by atoms with van der Waals surface area (Å²) in [5.74, 6) is 2.94.